The van der Waals surface area contributed by atoms with E-state index in [2.05, 4.69) is 20.5 Å². The van der Waals surface area contributed by atoms with E-state index in [1.165, 1.54) is 26.4 Å². The van der Waals surface area contributed by atoms with Crippen LogP contribution in [-0.4, -0.2) is 57.5 Å². The van der Waals surface area contributed by atoms with Crippen molar-refractivity contribution in [3.63, 3.8) is 0 Å². The molecular weight excluding hydrogens is 412 g/mol. The third-order valence-corrected chi connectivity index (χ3v) is 4.85. The average Bonchev–Trinajstić information content (AvgIpc) is 2.79. The van der Waals surface area contributed by atoms with Crippen molar-refractivity contribution < 1.29 is 23.8 Å². The van der Waals surface area contributed by atoms with E-state index in [-0.39, 0.29) is 16.3 Å². The van der Waals surface area contributed by atoms with E-state index in [9.17, 15) is 9.59 Å². The van der Waals surface area contributed by atoms with Gasteiger partial charge in [0, 0.05) is 31.9 Å². The molecule has 10 heteroatoms. The number of morpholine rings is 1. The van der Waals surface area contributed by atoms with Gasteiger partial charge in [-0.2, -0.15) is 0 Å². The van der Waals surface area contributed by atoms with Gasteiger partial charge in [0.25, 0.3) is 0 Å². The Hall–Kier alpha value is -3.04. The minimum atomic E-state index is -0.585. The Labute approximate surface area is 179 Å². The lowest BCUT2D eigenvalue weighted by Crippen LogP contribution is -2.36. The summed E-state index contributed by atoms with van der Waals surface area (Å²) >= 11 is 6.20. The molecule has 160 valence electrons. The Balaban J connectivity index is 1.63. The molecule has 0 bridgehead atoms. The number of anilines is 2. The van der Waals surface area contributed by atoms with Gasteiger partial charge in [0.1, 0.15) is 17.1 Å². The number of carbonyl (C=O) groups is 2. The normalized spacial score (nSPS) is 13.5. The number of pyridine rings is 1. The van der Waals surface area contributed by atoms with E-state index in [0.29, 0.717) is 25.4 Å². The van der Waals surface area contributed by atoms with Gasteiger partial charge in [0.15, 0.2) is 0 Å². The molecule has 1 fully saturated rings. The summed E-state index contributed by atoms with van der Waals surface area (Å²) in [4.78, 5) is 30.7. The van der Waals surface area contributed by atoms with Crippen LogP contribution in [0.1, 0.15) is 15.9 Å². The number of hydrogen-bond acceptors (Lipinski definition) is 7. The standard InChI is InChI=1S/C20H23ClN4O5/c1-28-17-11-16(15(21)10-14(17)19(26)29-2)24-20(27)23-12-13-3-4-22-18(9-13)25-5-7-30-8-6-25/h3-4,9-11H,5-8,12H2,1-2H3,(H2,23,24,27). The van der Waals surface area contributed by atoms with Crippen LogP contribution in [0.3, 0.4) is 0 Å². The number of nitrogens with one attached hydrogen (secondary N) is 2. The average molecular weight is 435 g/mol. The number of methoxy groups -OCH3 is 2. The van der Waals surface area contributed by atoms with E-state index >= 15 is 0 Å². The number of nitrogens with zero attached hydrogens (tertiary/aromatic N) is 2. The van der Waals surface area contributed by atoms with Crippen molar-refractivity contribution in [2.75, 3.05) is 50.7 Å². The Morgan fingerprint density at radius 1 is 1.23 bits per heavy atom. The molecule has 2 aromatic rings. The summed E-state index contributed by atoms with van der Waals surface area (Å²) in [6, 6.07) is 6.18. The summed E-state index contributed by atoms with van der Waals surface area (Å²) in [5, 5.41) is 5.62. The molecule has 1 aliphatic rings. The van der Waals surface area contributed by atoms with Gasteiger partial charge in [-0.1, -0.05) is 11.6 Å². The first-order chi connectivity index (χ1) is 14.5. The number of benzene rings is 1. The molecule has 3 rings (SSSR count). The Bertz CT molecular complexity index is 918. The summed E-state index contributed by atoms with van der Waals surface area (Å²) in [5.41, 5.74) is 1.39. The largest absolute Gasteiger partial charge is 0.496 e. The van der Waals surface area contributed by atoms with E-state index in [4.69, 9.17) is 25.8 Å². The summed E-state index contributed by atoms with van der Waals surface area (Å²) in [6.45, 7) is 3.22. The van der Waals surface area contributed by atoms with Gasteiger partial charge in [-0.3, -0.25) is 0 Å². The summed E-state index contributed by atoms with van der Waals surface area (Å²) in [6.07, 6.45) is 1.72. The van der Waals surface area contributed by atoms with Gasteiger partial charge in [0.05, 0.1) is 38.1 Å². The molecule has 2 N–H and O–H groups in total. The molecular formula is C20H23ClN4O5. The van der Waals surface area contributed by atoms with Crippen LogP contribution in [0, 0.1) is 0 Å². The van der Waals surface area contributed by atoms with Crippen LogP contribution in [0.4, 0.5) is 16.3 Å². The molecule has 0 atom stereocenters. The van der Waals surface area contributed by atoms with Crippen LogP contribution < -0.4 is 20.3 Å². The van der Waals surface area contributed by atoms with Crippen molar-refractivity contribution in [3.8, 4) is 5.75 Å². The zero-order valence-corrected chi connectivity index (χ0v) is 17.5. The first-order valence-electron chi connectivity index (χ1n) is 9.30. The number of carbonyl (C=O) groups excluding carboxylic acids is 2. The van der Waals surface area contributed by atoms with Gasteiger partial charge in [0.2, 0.25) is 0 Å². The van der Waals surface area contributed by atoms with Crippen molar-refractivity contribution >= 4 is 35.1 Å². The topological polar surface area (TPSA) is 102 Å². The first kappa shape index (κ1) is 21.7. The molecule has 1 aromatic heterocycles. The maximum Gasteiger partial charge on any atom is 0.341 e. The van der Waals surface area contributed by atoms with Crippen molar-refractivity contribution in [1.82, 2.24) is 10.3 Å². The SMILES string of the molecule is COC(=O)c1cc(Cl)c(NC(=O)NCc2ccnc(N3CCOCC3)c2)cc1OC. The van der Waals surface area contributed by atoms with Crippen LogP contribution in [0.2, 0.25) is 5.02 Å². The van der Waals surface area contributed by atoms with E-state index in [0.717, 1.165) is 24.5 Å². The lowest BCUT2D eigenvalue weighted by Gasteiger charge is -2.28. The van der Waals surface area contributed by atoms with Crippen LogP contribution in [0.15, 0.2) is 30.5 Å². The molecule has 2 amide bonds. The van der Waals surface area contributed by atoms with Crippen LogP contribution >= 0.6 is 11.6 Å². The second-order valence-corrected chi connectivity index (χ2v) is 6.86. The van der Waals surface area contributed by atoms with Gasteiger partial charge >= 0.3 is 12.0 Å². The highest BCUT2D eigenvalue weighted by atomic mass is 35.5. The van der Waals surface area contributed by atoms with Gasteiger partial charge in [-0.05, 0) is 23.8 Å². The molecule has 9 nitrogen and oxygen atoms in total. The highest BCUT2D eigenvalue weighted by Crippen LogP contribution is 2.31. The minimum Gasteiger partial charge on any atom is -0.496 e. The minimum absolute atomic E-state index is 0.170. The smallest absolute Gasteiger partial charge is 0.341 e. The maximum atomic E-state index is 12.3. The molecule has 0 unspecified atom stereocenters. The molecule has 0 radical (unpaired) electrons. The number of aromatic nitrogens is 1. The Morgan fingerprint density at radius 2 is 2.00 bits per heavy atom. The first-order valence-corrected chi connectivity index (χ1v) is 9.68. The Morgan fingerprint density at radius 3 is 2.70 bits per heavy atom. The number of urea groups is 1. The number of amides is 2. The quantitative estimate of drug-likeness (QED) is 0.674. The molecule has 30 heavy (non-hydrogen) atoms. The van der Waals surface area contributed by atoms with E-state index in [1.807, 2.05) is 12.1 Å². The van der Waals surface area contributed by atoms with Crippen molar-refractivity contribution in [1.29, 1.82) is 0 Å². The monoisotopic (exact) mass is 434 g/mol. The number of ether oxygens (including phenoxy) is 3. The highest BCUT2D eigenvalue weighted by Gasteiger charge is 2.18. The molecule has 0 aliphatic carbocycles. The van der Waals surface area contributed by atoms with Crippen LogP contribution in [-0.2, 0) is 16.0 Å². The van der Waals surface area contributed by atoms with Gasteiger partial charge in [-0.15, -0.1) is 0 Å². The summed E-state index contributed by atoms with van der Waals surface area (Å²) < 4.78 is 15.3. The Kier molecular flexibility index (Phi) is 7.31. The zero-order chi connectivity index (χ0) is 21.5. The number of esters is 1. The van der Waals surface area contributed by atoms with E-state index in [1.54, 1.807) is 6.20 Å². The molecule has 0 saturated carbocycles. The lowest BCUT2D eigenvalue weighted by atomic mass is 10.1. The predicted octanol–water partition coefficient (Wildman–Crippen LogP) is 2.69. The summed E-state index contributed by atoms with van der Waals surface area (Å²) in [5.74, 6) is 0.508. The lowest BCUT2D eigenvalue weighted by molar-refractivity contribution is 0.0597. The van der Waals surface area contributed by atoms with Crippen molar-refractivity contribution in [2.24, 2.45) is 0 Å². The molecule has 1 saturated heterocycles. The molecule has 2 heterocycles. The van der Waals surface area contributed by atoms with Crippen molar-refractivity contribution in [2.45, 2.75) is 6.54 Å². The number of rotatable bonds is 6. The van der Waals surface area contributed by atoms with Gasteiger partial charge in [-0.25, -0.2) is 14.6 Å². The highest BCUT2D eigenvalue weighted by molar-refractivity contribution is 6.34. The second-order valence-electron chi connectivity index (χ2n) is 6.45. The van der Waals surface area contributed by atoms with Gasteiger partial charge < -0.3 is 29.7 Å². The molecule has 1 aromatic carbocycles. The molecule has 1 aliphatic heterocycles. The predicted molar refractivity (Wildman–Crippen MR) is 112 cm³/mol. The fourth-order valence-corrected chi connectivity index (χ4v) is 3.18. The molecule has 0 spiro atoms. The number of halogens is 1. The second kappa shape index (κ2) is 10.1. The zero-order valence-electron chi connectivity index (χ0n) is 16.7. The van der Waals surface area contributed by atoms with Crippen LogP contribution in [0.25, 0.3) is 0 Å². The third-order valence-electron chi connectivity index (χ3n) is 4.54. The van der Waals surface area contributed by atoms with E-state index < -0.39 is 12.0 Å². The third kappa shape index (κ3) is 5.31. The summed E-state index contributed by atoms with van der Waals surface area (Å²) in [7, 11) is 2.67. The van der Waals surface area contributed by atoms with Crippen molar-refractivity contribution in [3.05, 3.63) is 46.6 Å². The number of hydrogen-bond donors (Lipinski definition) is 2. The fourth-order valence-electron chi connectivity index (χ4n) is 2.97. The van der Waals surface area contributed by atoms with Crippen LogP contribution in [0.5, 0.6) is 5.75 Å². The fraction of sp³-hybridized carbons (Fsp3) is 0.350. The maximum absolute atomic E-state index is 12.3.